The Morgan fingerprint density at radius 1 is 1.27 bits per heavy atom. The molecule has 0 aliphatic rings. The molecule has 2 N–H and O–H groups in total. The largest absolute Gasteiger partial charge is 0.330 e. The molecule has 3 heteroatoms. The number of rotatable bonds is 4. The monoisotopic (exact) mass is 213 g/mol. The van der Waals surface area contributed by atoms with Crippen molar-refractivity contribution in [1.82, 2.24) is 0 Å². The lowest BCUT2D eigenvalue weighted by Crippen LogP contribution is -2.12. The molecule has 15 heavy (non-hydrogen) atoms. The van der Waals surface area contributed by atoms with Gasteiger partial charge in [-0.05, 0) is 18.0 Å². The summed E-state index contributed by atoms with van der Waals surface area (Å²) in [5, 5.41) is 0. The van der Waals surface area contributed by atoms with Crippen molar-refractivity contribution < 1.29 is 8.78 Å². The highest BCUT2D eigenvalue weighted by Crippen LogP contribution is 2.31. The minimum atomic E-state index is -2.72. The van der Waals surface area contributed by atoms with E-state index in [1.807, 2.05) is 6.92 Å². The van der Waals surface area contributed by atoms with Crippen molar-refractivity contribution in [3.05, 3.63) is 35.4 Å². The summed E-state index contributed by atoms with van der Waals surface area (Å²) in [7, 11) is 0. The van der Waals surface area contributed by atoms with Crippen LogP contribution in [0.25, 0.3) is 0 Å². The minimum Gasteiger partial charge on any atom is -0.330 e. The molecule has 0 bridgehead atoms. The third kappa shape index (κ3) is 2.75. The molecular weight excluding hydrogens is 196 g/mol. The first kappa shape index (κ1) is 12.1. The van der Waals surface area contributed by atoms with E-state index in [0.717, 1.165) is 5.56 Å². The third-order valence-electron chi connectivity index (χ3n) is 2.70. The molecule has 0 saturated heterocycles. The molecule has 1 nitrogen and oxygen atoms in total. The predicted molar refractivity (Wildman–Crippen MR) is 58.1 cm³/mol. The van der Waals surface area contributed by atoms with Crippen LogP contribution >= 0.6 is 0 Å². The average Bonchev–Trinajstić information content (AvgIpc) is 2.28. The van der Waals surface area contributed by atoms with Crippen LogP contribution in [-0.2, 0) is 5.92 Å². The van der Waals surface area contributed by atoms with Gasteiger partial charge in [0.1, 0.15) is 0 Å². The van der Waals surface area contributed by atoms with Crippen molar-refractivity contribution in [3.63, 3.8) is 0 Å². The quantitative estimate of drug-likeness (QED) is 0.816. The molecule has 1 aromatic carbocycles. The van der Waals surface area contributed by atoms with Crippen molar-refractivity contribution in [3.8, 4) is 0 Å². The summed E-state index contributed by atoms with van der Waals surface area (Å²) < 4.78 is 26.6. The second-order valence-electron chi connectivity index (χ2n) is 3.82. The first-order valence-electron chi connectivity index (χ1n) is 5.19. The lowest BCUT2D eigenvalue weighted by Gasteiger charge is -2.16. The number of alkyl halides is 2. The highest BCUT2D eigenvalue weighted by molar-refractivity contribution is 5.27. The maximum atomic E-state index is 13.3. The Morgan fingerprint density at radius 3 is 2.20 bits per heavy atom. The average molecular weight is 213 g/mol. The number of nitrogens with two attached hydrogens (primary N) is 1. The number of hydrogen-bond donors (Lipinski definition) is 1. The van der Waals surface area contributed by atoms with E-state index in [9.17, 15) is 8.78 Å². The summed E-state index contributed by atoms with van der Waals surface area (Å²) in [6.45, 7) is 3.99. The smallest absolute Gasteiger partial charge is 0.273 e. The third-order valence-corrected chi connectivity index (χ3v) is 2.70. The minimum absolute atomic E-state index is 0.0815. The van der Waals surface area contributed by atoms with Gasteiger partial charge < -0.3 is 5.73 Å². The number of hydrogen-bond acceptors (Lipinski definition) is 1. The van der Waals surface area contributed by atoms with Gasteiger partial charge in [-0.2, -0.15) is 0 Å². The van der Waals surface area contributed by atoms with Gasteiger partial charge in [-0.15, -0.1) is 0 Å². The molecule has 84 valence electrons. The van der Waals surface area contributed by atoms with Gasteiger partial charge in [0, 0.05) is 12.0 Å². The van der Waals surface area contributed by atoms with Crippen LogP contribution in [0.1, 0.15) is 37.3 Å². The zero-order valence-corrected chi connectivity index (χ0v) is 9.13. The highest BCUT2D eigenvalue weighted by Gasteiger charge is 2.28. The summed E-state index contributed by atoms with van der Waals surface area (Å²) in [5.74, 6) is -2.50. The fourth-order valence-corrected chi connectivity index (χ4v) is 1.40. The van der Waals surface area contributed by atoms with Crippen LogP contribution in [0.5, 0.6) is 0 Å². The molecule has 0 amide bonds. The van der Waals surface area contributed by atoms with E-state index >= 15 is 0 Å². The Bertz CT molecular complexity index is 306. The van der Waals surface area contributed by atoms with E-state index in [1.54, 1.807) is 12.1 Å². The second kappa shape index (κ2) is 4.71. The molecule has 1 atom stereocenters. The van der Waals surface area contributed by atoms with Crippen LogP contribution in [0.3, 0.4) is 0 Å². The van der Waals surface area contributed by atoms with Crippen molar-refractivity contribution in [2.24, 2.45) is 5.73 Å². The van der Waals surface area contributed by atoms with E-state index in [2.05, 4.69) is 0 Å². The molecule has 0 fully saturated rings. The van der Waals surface area contributed by atoms with Crippen LogP contribution in [0.2, 0.25) is 0 Å². The standard InChI is InChI=1S/C12H17F2N/c1-3-12(13,14)11-6-4-10(5-7-11)9(2)8-15/h4-7,9H,3,8,15H2,1-2H3. The van der Waals surface area contributed by atoms with E-state index in [4.69, 9.17) is 5.73 Å². The summed E-state index contributed by atoms with van der Waals surface area (Å²) in [6.07, 6.45) is -0.168. The summed E-state index contributed by atoms with van der Waals surface area (Å²) in [5.41, 5.74) is 6.59. The Kier molecular flexibility index (Phi) is 3.80. The van der Waals surface area contributed by atoms with Crippen molar-refractivity contribution in [2.75, 3.05) is 6.54 Å². The molecule has 0 aliphatic heterocycles. The van der Waals surface area contributed by atoms with Crippen LogP contribution in [-0.4, -0.2) is 6.54 Å². The van der Waals surface area contributed by atoms with Gasteiger partial charge in [0.25, 0.3) is 5.92 Å². The zero-order chi connectivity index (χ0) is 11.5. The number of halogens is 2. The Morgan fingerprint density at radius 2 is 1.80 bits per heavy atom. The maximum Gasteiger partial charge on any atom is 0.273 e. The molecule has 0 aromatic heterocycles. The first-order valence-corrected chi connectivity index (χ1v) is 5.19. The van der Waals surface area contributed by atoms with Crippen LogP contribution in [0.4, 0.5) is 8.78 Å². The summed E-state index contributed by atoms with van der Waals surface area (Å²) >= 11 is 0. The fourth-order valence-electron chi connectivity index (χ4n) is 1.40. The first-order chi connectivity index (χ1) is 7.01. The molecule has 0 saturated carbocycles. The van der Waals surface area contributed by atoms with Crippen LogP contribution in [0.15, 0.2) is 24.3 Å². The molecule has 0 radical (unpaired) electrons. The second-order valence-corrected chi connectivity index (χ2v) is 3.82. The Balaban J connectivity index is 2.90. The van der Waals surface area contributed by atoms with Crippen molar-refractivity contribution >= 4 is 0 Å². The normalized spacial score (nSPS) is 13.9. The molecular formula is C12H17F2N. The fraction of sp³-hybridized carbons (Fsp3) is 0.500. The van der Waals surface area contributed by atoms with Gasteiger partial charge in [-0.3, -0.25) is 0 Å². The van der Waals surface area contributed by atoms with Crippen LogP contribution < -0.4 is 5.73 Å². The van der Waals surface area contributed by atoms with Gasteiger partial charge in [0.05, 0.1) is 0 Å². The van der Waals surface area contributed by atoms with Gasteiger partial charge in [-0.25, -0.2) is 8.78 Å². The lowest BCUT2D eigenvalue weighted by atomic mass is 9.98. The summed E-state index contributed by atoms with van der Waals surface area (Å²) in [6, 6.07) is 6.45. The molecule has 1 aromatic rings. The zero-order valence-electron chi connectivity index (χ0n) is 9.13. The Labute approximate surface area is 89.3 Å². The van der Waals surface area contributed by atoms with Gasteiger partial charge in [0.2, 0.25) is 0 Å². The van der Waals surface area contributed by atoms with Gasteiger partial charge in [-0.1, -0.05) is 38.1 Å². The van der Waals surface area contributed by atoms with Crippen molar-refractivity contribution in [2.45, 2.75) is 32.1 Å². The topological polar surface area (TPSA) is 26.0 Å². The van der Waals surface area contributed by atoms with E-state index in [0.29, 0.717) is 6.54 Å². The molecule has 0 aliphatic carbocycles. The highest BCUT2D eigenvalue weighted by atomic mass is 19.3. The predicted octanol–water partition coefficient (Wildman–Crippen LogP) is 3.25. The molecule has 1 rings (SSSR count). The van der Waals surface area contributed by atoms with E-state index in [1.165, 1.54) is 19.1 Å². The summed E-state index contributed by atoms with van der Waals surface area (Å²) in [4.78, 5) is 0. The van der Waals surface area contributed by atoms with Gasteiger partial charge >= 0.3 is 0 Å². The van der Waals surface area contributed by atoms with Crippen molar-refractivity contribution in [1.29, 1.82) is 0 Å². The molecule has 0 spiro atoms. The number of benzene rings is 1. The maximum absolute atomic E-state index is 13.3. The molecule has 1 unspecified atom stereocenters. The lowest BCUT2D eigenvalue weighted by molar-refractivity contribution is -0.00830. The SMILES string of the molecule is CCC(F)(F)c1ccc(C(C)CN)cc1. The molecule has 0 heterocycles. The van der Waals surface area contributed by atoms with E-state index < -0.39 is 5.92 Å². The van der Waals surface area contributed by atoms with Crippen LogP contribution in [0, 0.1) is 0 Å². The van der Waals surface area contributed by atoms with E-state index in [-0.39, 0.29) is 17.9 Å². The Hall–Kier alpha value is -0.960. The van der Waals surface area contributed by atoms with Gasteiger partial charge in [0.15, 0.2) is 0 Å².